The van der Waals surface area contributed by atoms with Crippen LogP contribution in [-0.2, 0) is 0 Å². The highest BCUT2D eigenvalue weighted by atomic mass is 79.9. The van der Waals surface area contributed by atoms with Crippen LogP contribution in [0.5, 0.6) is 0 Å². The molecule has 0 aliphatic rings. The normalized spacial score (nSPS) is 12.8. The second kappa shape index (κ2) is 5.27. The van der Waals surface area contributed by atoms with Crippen molar-refractivity contribution in [2.24, 2.45) is 0 Å². The maximum absolute atomic E-state index is 13.8. The molecule has 1 atom stereocenters. The van der Waals surface area contributed by atoms with Gasteiger partial charge in [-0.3, -0.25) is 0 Å². The molecule has 1 aromatic carbocycles. The van der Waals surface area contributed by atoms with E-state index in [9.17, 15) is 8.78 Å². The van der Waals surface area contributed by atoms with Crippen LogP contribution in [0.2, 0.25) is 0 Å². The molecule has 0 N–H and O–H groups in total. The zero-order valence-electron chi connectivity index (χ0n) is 9.73. The summed E-state index contributed by atoms with van der Waals surface area (Å²) in [5.74, 6) is -1.26. The molecule has 1 unspecified atom stereocenters. The van der Waals surface area contributed by atoms with E-state index in [-0.39, 0.29) is 5.56 Å². The lowest BCUT2D eigenvalue weighted by Gasteiger charge is -2.12. The maximum atomic E-state index is 13.8. The van der Waals surface area contributed by atoms with Crippen LogP contribution in [0.15, 0.2) is 22.7 Å². The number of rotatable bonds is 2. The van der Waals surface area contributed by atoms with Crippen molar-refractivity contribution in [2.75, 3.05) is 0 Å². The third-order valence-electron chi connectivity index (χ3n) is 2.61. The predicted molar refractivity (Wildman–Crippen MR) is 75.5 cm³/mol. The van der Waals surface area contributed by atoms with Gasteiger partial charge in [-0.25, -0.2) is 8.78 Å². The van der Waals surface area contributed by atoms with Gasteiger partial charge in [-0.15, -0.1) is 22.9 Å². The summed E-state index contributed by atoms with van der Waals surface area (Å²) in [4.78, 5) is 1.86. The number of hydrogen-bond donors (Lipinski definition) is 0. The van der Waals surface area contributed by atoms with Crippen LogP contribution < -0.4 is 0 Å². The molecular weight excluding hydrogens is 342 g/mol. The molecule has 0 fully saturated rings. The van der Waals surface area contributed by atoms with Crippen LogP contribution in [0.4, 0.5) is 8.78 Å². The highest BCUT2D eigenvalue weighted by molar-refractivity contribution is 9.10. The molecule has 0 aliphatic heterocycles. The smallest absolute Gasteiger partial charge is 0.132 e. The summed E-state index contributed by atoms with van der Waals surface area (Å²) in [6.07, 6.45) is 0. The van der Waals surface area contributed by atoms with Crippen molar-refractivity contribution >= 4 is 38.9 Å². The van der Waals surface area contributed by atoms with E-state index in [1.165, 1.54) is 23.5 Å². The number of aryl methyl sites for hydroxylation is 2. The highest BCUT2D eigenvalue weighted by Gasteiger charge is 2.23. The average Bonchev–Trinajstić information content (AvgIpc) is 2.56. The minimum absolute atomic E-state index is 0.0928. The van der Waals surface area contributed by atoms with Crippen LogP contribution >= 0.6 is 38.9 Å². The van der Waals surface area contributed by atoms with Gasteiger partial charge in [0.05, 0.1) is 5.38 Å². The molecule has 0 nitrogen and oxygen atoms in total. The summed E-state index contributed by atoms with van der Waals surface area (Å²) < 4.78 is 28.0. The van der Waals surface area contributed by atoms with Gasteiger partial charge in [0, 0.05) is 19.8 Å². The minimum Gasteiger partial charge on any atom is -0.206 e. The third-order valence-corrected chi connectivity index (χ3v) is 4.85. The van der Waals surface area contributed by atoms with Crippen molar-refractivity contribution in [3.05, 3.63) is 55.2 Å². The van der Waals surface area contributed by atoms with Crippen molar-refractivity contribution in [3.8, 4) is 0 Å². The lowest BCUT2D eigenvalue weighted by atomic mass is 10.1. The molecule has 0 saturated carbocycles. The zero-order chi connectivity index (χ0) is 13.4. The van der Waals surface area contributed by atoms with Crippen molar-refractivity contribution in [2.45, 2.75) is 19.2 Å². The van der Waals surface area contributed by atoms with Crippen LogP contribution in [-0.4, -0.2) is 0 Å². The number of halogens is 4. The lowest BCUT2D eigenvalue weighted by Crippen LogP contribution is -2.00. The predicted octanol–water partition coefficient (Wildman–Crippen LogP) is 5.73. The van der Waals surface area contributed by atoms with Gasteiger partial charge in [-0.05, 0) is 37.6 Å². The SMILES string of the molecule is Cc1cc(C)c(C(Cl)c2c(F)cc(Br)cc2F)s1. The Morgan fingerprint density at radius 1 is 1.17 bits per heavy atom. The summed E-state index contributed by atoms with van der Waals surface area (Å²) in [6, 6.07) is 4.41. The number of thiophene rings is 1. The lowest BCUT2D eigenvalue weighted by molar-refractivity contribution is 0.558. The van der Waals surface area contributed by atoms with Crippen LogP contribution in [0.25, 0.3) is 0 Å². The van der Waals surface area contributed by atoms with Crippen LogP contribution in [0, 0.1) is 25.5 Å². The van der Waals surface area contributed by atoms with E-state index >= 15 is 0 Å². The Hall–Kier alpha value is -0.450. The fourth-order valence-electron chi connectivity index (χ4n) is 1.84. The van der Waals surface area contributed by atoms with E-state index in [1.807, 2.05) is 19.9 Å². The topological polar surface area (TPSA) is 0 Å². The number of hydrogen-bond acceptors (Lipinski definition) is 1. The van der Waals surface area contributed by atoms with Crippen molar-refractivity contribution in [1.29, 1.82) is 0 Å². The van der Waals surface area contributed by atoms with E-state index in [2.05, 4.69) is 15.9 Å². The fourth-order valence-corrected chi connectivity index (χ4v) is 3.78. The Morgan fingerprint density at radius 2 is 1.72 bits per heavy atom. The number of benzene rings is 1. The Labute approximate surface area is 122 Å². The van der Waals surface area contributed by atoms with Crippen LogP contribution in [0.3, 0.4) is 0 Å². The molecule has 2 rings (SSSR count). The fraction of sp³-hybridized carbons (Fsp3) is 0.231. The van der Waals surface area contributed by atoms with E-state index in [1.54, 1.807) is 0 Å². The highest BCUT2D eigenvalue weighted by Crippen LogP contribution is 2.39. The van der Waals surface area contributed by atoms with Crippen molar-refractivity contribution < 1.29 is 8.78 Å². The van der Waals surface area contributed by atoms with Gasteiger partial charge in [-0.1, -0.05) is 15.9 Å². The summed E-state index contributed by atoms with van der Waals surface area (Å²) in [6.45, 7) is 3.84. The second-order valence-electron chi connectivity index (χ2n) is 4.05. The molecule has 0 amide bonds. The molecular formula is C13H10BrClF2S. The van der Waals surface area contributed by atoms with E-state index in [0.29, 0.717) is 4.47 Å². The van der Waals surface area contributed by atoms with Gasteiger partial charge in [0.15, 0.2) is 0 Å². The summed E-state index contributed by atoms with van der Waals surface area (Å²) in [7, 11) is 0. The molecule has 0 saturated heterocycles. The van der Waals surface area contributed by atoms with E-state index < -0.39 is 17.0 Å². The van der Waals surface area contributed by atoms with Gasteiger partial charge in [0.25, 0.3) is 0 Å². The summed E-state index contributed by atoms with van der Waals surface area (Å²) in [5, 5.41) is -0.795. The zero-order valence-corrected chi connectivity index (χ0v) is 12.9. The van der Waals surface area contributed by atoms with Gasteiger partial charge >= 0.3 is 0 Å². The maximum Gasteiger partial charge on any atom is 0.132 e. The summed E-state index contributed by atoms with van der Waals surface area (Å²) >= 11 is 10.7. The first-order valence-electron chi connectivity index (χ1n) is 5.25. The molecule has 96 valence electrons. The standard InChI is InChI=1S/C13H10BrClF2S/c1-6-3-7(2)18-13(6)12(15)11-9(16)4-8(14)5-10(11)17/h3-5,12H,1-2H3. The Bertz CT molecular complexity index is 572. The molecule has 1 heterocycles. The van der Waals surface area contributed by atoms with Gasteiger partial charge in [0.1, 0.15) is 11.6 Å². The molecule has 0 bridgehead atoms. The molecule has 0 spiro atoms. The van der Waals surface area contributed by atoms with E-state index in [0.717, 1.165) is 15.3 Å². The largest absolute Gasteiger partial charge is 0.206 e. The summed E-state index contributed by atoms with van der Waals surface area (Å²) in [5.41, 5.74) is 0.865. The first-order chi connectivity index (χ1) is 8.40. The molecule has 5 heteroatoms. The quantitative estimate of drug-likeness (QED) is 0.606. The molecule has 1 aromatic heterocycles. The Kier molecular flexibility index (Phi) is 4.09. The van der Waals surface area contributed by atoms with Gasteiger partial charge in [0.2, 0.25) is 0 Å². The average molecular weight is 352 g/mol. The Morgan fingerprint density at radius 3 is 2.17 bits per heavy atom. The van der Waals surface area contributed by atoms with Crippen molar-refractivity contribution in [1.82, 2.24) is 0 Å². The van der Waals surface area contributed by atoms with Crippen LogP contribution in [0.1, 0.15) is 26.3 Å². The van der Waals surface area contributed by atoms with Crippen molar-refractivity contribution in [3.63, 3.8) is 0 Å². The Balaban J connectivity index is 2.52. The first-order valence-corrected chi connectivity index (χ1v) is 7.30. The number of alkyl halides is 1. The van der Waals surface area contributed by atoms with E-state index in [4.69, 9.17) is 11.6 Å². The molecule has 0 radical (unpaired) electrons. The molecule has 2 aromatic rings. The monoisotopic (exact) mass is 350 g/mol. The van der Waals surface area contributed by atoms with Gasteiger partial charge < -0.3 is 0 Å². The third kappa shape index (κ3) is 2.60. The second-order valence-corrected chi connectivity index (χ2v) is 6.69. The van der Waals surface area contributed by atoms with Gasteiger partial charge in [-0.2, -0.15) is 0 Å². The molecule has 18 heavy (non-hydrogen) atoms. The minimum atomic E-state index is -0.795. The molecule has 0 aliphatic carbocycles. The first kappa shape index (κ1) is 14.0.